The van der Waals surface area contributed by atoms with E-state index in [9.17, 15) is 14.8 Å². The van der Waals surface area contributed by atoms with Gasteiger partial charge in [0.05, 0.1) is 17.4 Å². The lowest BCUT2D eigenvalue weighted by Crippen LogP contribution is -2.67. The molecule has 0 radical (unpaired) electrons. The van der Waals surface area contributed by atoms with Crippen molar-refractivity contribution in [1.29, 1.82) is 0 Å². The van der Waals surface area contributed by atoms with Gasteiger partial charge in [-0.3, -0.25) is 4.57 Å². The Morgan fingerprint density at radius 3 is 2.00 bits per heavy atom. The summed E-state index contributed by atoms with van der Waals surface area (Å²) < 4.78 is 11.3. The van der Waals surface area contributed by atoms with Crippen LogP contribution in [0.5, 0.6) is 0 Å². The van der Waals surface area contributed by atoms with E-state index in [-0.39, 0.29) is 20.0 Å². The molecule has 80 valence electrons. The van der Waals surface area contributed by atoms with E-state index >= 15 is 0 Å². The largest absolute Gasteiger partial charge is 0.393 e. The summed E-state index contributed by atoms with van der Waals surface area (Å²) in [5.41, 5.74) is -0.284. The third kappa shape index (κ3) is 0.959. The first kappa shape index (κ1) is 10.5. The lowest BCUT2D eigenvalue weighted by Gasteiger charge is -2.61. The quantitative estimate of drug-likeness (QED) is 0.706. The van der Waals surface area contributed by atoms with Crippen LogP contribution in [0.4, 0.5) is 0 Å². The van der Waals surface area contributed by atoms with Crippen molar-refractivity contribution in [2.45, 2.75) is 56.4 Å². The molecule has 2 N–H and O–H groups in total. The summed E-state index contributed by atoms with van der Waals surface area (Å²) in [7, 11) is 0.0147. The van der Waals surface area contributed by atoms with Gasteiger partial charge in [0, 0.05) is 5.41 Å². The predicted octanol–water partition coefficient (Wildman–Crippen LogP) is 1.72. The molecule has 4 heteroatoms. The maximum atomic E-state index is 11.3. The Kier molecular flexibility index (Phi) is 2.45. The number of rotatable bonds is 3. The summed E-state index contributed by atoms with van der Waals surface area (Å²) in [6, 6.07) is 0. The van der Waals surface area contributed by atoms with Crippen LogP contribution in [0.2, 0.25) is 0 Å². The molecular formula is C10H17O3P. The molecule has 0 bridgehead atoms. The van der Waals surface area contributed by atoms with Crippen LogP contribution in [0.25, 0.3) is 0 Å². The van der Waals surface area contributed by atoms with Crippen molar-refractivity contribution in [2.75, 3.05) is 0 Å². The van der Waals surface area contributed by atoms with Crippen molar-refractivity contribution in [3.05, 3.63) is 0 Å². The van der Waals surface area contributed by atoms with Crippen LogP contribution in [0.15, 0.2) is 0 Å². The molecule has 0 saturated heterocycles. The fourth-order valence-electron chi connectivity index (χ4n) is 3.17. The van der Waals surface area contributed by atoms with E-state index in [0.29, 0.717) is 0 Å². The van der Waals surface area contributed by atoms with Gasteiger partial charge in [-0.15, -0.1) is 0 Å². The normalized spacial score (nSPS) is 52.5. The topological polar surface area (TPSA) is 57.5 Å². The SMILES string of the molecule is CCC1(C2(P=O)CCC2O)CCC1O. The Bertz CT molecular complexity index is 254. The first-order valence-electron chi connectivity index (χ1n) is 5.33. The van der Waals surface area contributed by atoms with Crippen molar-refractivity contribution < 1.29 is 14.8 Å². The van der Waals surface area contributed by atoms with E-state index in [2.05, 4.69) is 0 Å². The van der Waals surface area contributed by atoms with E-state index in [1.807, 2.05) is 6.92 Å². The summed E-state index contributed by atoms with van der Waals surface area (Å²) in [4.78, 5) is 0. The van der Waals surface area contributed by atoms with Crippen molar-refractivity contribution >= 4 is 8.46 Å². The van der Waals surface area contributed by atoms with Crippen LogP contribution in [-0.2, 0) is 4.57 Å². The summed E-state index contributed by atoms with van der Waals surface area (Å²) in [5, 5.41) is 19.1. The maximum Gasteiger partial charge on any atom is 0.165 e. The summed E-state index contributed by atoms with van der Waals surface area (Å²) in [6.45, 7) is 2.01. The van der Waals surface area contributed by atoms with Crippen LogP contribution in [0.1, 0.15) is 39.0 Å². The Labute approximate surface area is 85.7 Å². The fourth-order valence-corrected chi connectivity index (χ4v) is 4.24. The minimum absolute atomic E-state index is 0.0147. The average molecular weight is 216 g/mol. The highest BCUT2D eigenvalue weighted by Gasteiger charge is 2.66. The first-order valence-corrected chi connectivity index (χ1v) is 6.15. The van der Waals surface area contributed by atoms with Gasteiger partial charge in [0.25, 0.3) is 0 Å². The molecule has 0 aromatic rings. The van der Waals surface area contributed by atoms with Crippen LogP contribution in [0.3, 0.4) is 0 Å². The van der Waals surface area contributed by atoms with Crippen molar-refractivity contribution in [3.63, 3.8) is 0 Å². The highest BCUT2D eigenvalue weighted by Crippen LogP contribution is 2.64. The zero-order valence-electron chi connectivity index (χ0n) is 8.44. The molecule has 3 nitrogen and oxygen atoms in total. The average Bonchev–Trinajstić information content (AvgIpc) is 2.20. The molecule has 0 aromatic carbocycles. The molecule has 14 heavy (non-hydrogen) atoms. The van der Waals surface area contributed by atoms with Gasteiger partial charge in [0.1, 0.15) is 0 Å². The number of hydrogen-bond acceptors (Lipinski definition) is 3. The van der Waals surface area contributed by atoms with E-state index in [1.165, 1.54) is 0 Å². The molecule has 0 spiro atoms. The molecule has 2 fully saturated rings. The smallest absolute Gasteiger partial charge is 0.165 e. The number of aliphatic hydroxyl groups is 2. The van der Waals surface area contributed by atoms with Crippen molar-refractivity contribution in [1.82, 2.24) is 0 Å². The molecule has 2 rings (SSSR count). The van der Waals surface area contributed by atoms with E-state index in [1.54, 1.807) is 0 Å². The molecule has 0 aliphatic heterocycles. The van der Waals surface area contributed by atoms with E-state index in [0.717, 1.165) is 32.1 Å². The third-order valence-corrected chi connectivity index (χ3v) is 5.80. The highest BCUT2D eigenvalue weighted by atomic mass is 31.1. The second-order valence-corrected chi connectivity index (χ2v) is 5.61. The predicted molar refractivity (Wildman–Crippen MR) is 53.5 cm³/mol. The van der Waals surface area contributed by atoms with Crippen LogP contribution >= 0.6 is 8.46 Å². The Morgan fingerprint density at radius 1 is 1.29 bits per heavy atom. The molecule has 2 saturated carbocycles. The molecule has 0 aromatic heterocycles. The highest BCUT2D eigenvalue weighted by molar-refractivity contribution is 7.26. The summed E-state index contributed by atoms with van der Waals surface area (Å²) >= 11 is 0. The molecule has 0 heterocycles. The summed E-state index contributed by atoms with van der Waals surface area (Å²) in [6.07, 6.45) is 3.14. The van der Waals surface area contributed by atoms with Gasteiger partial charge >= 0.3 is 0 Å². The zero-order valence-corrected chi connectivity index (χ0v) is 9.33. The molecule has 4 atom stereocenters. The second kappa shape index (κ2) is 3.26. The summed E-state index contributed by atoms with van der Waals surface area (Å²) in [5.74, 6) is 0. The van der Waals surface area contributed by atoms with Crippen LogP contribution in [0, 0.1) is 5.41 Å². The lowest BCUT2D eigenvalue weighted by molar-refractivity contribution is -0.151. The lowest BCUT2D eigenvalue weighted by atomic mass is 9.50. The second-order valence-electron chi connectivity index (χ2n) is 4.63. The molecule has 0 amide bonds. The van der Waals surface area contributed by atoms with Crippen LogP contribution in [-0.4, -0.2) is 27.6 Å². The van der Waals surface area contributed by atoms with Gasteiger partial charge in [0.15, 0.2) is 8.46 Å². The van der Waals surface area contributed by atoms with Gasteiger partial charge < -0.3 is 10.2 Å². The Balaban J connectivity index is 2.30. The van der Waals surface area contributed by atoms with Gasteiger partial charge in [-0.25, -0.2) is 0 Å². The Morgan fingerprint density at radius 2 is 1.93 bits per heavy atom. The third-order valence-electron chi connectivity index (χ3n) is 4.51. The molecule has 2 aliphatic rings. The van der Waals surface area contributed by atoms with Crippen LogP contribution < -0.4 is 0 Å². The van der Waals surface area contributed by atoms with Gasteiger partial charge in [-0.2, -0.15) is 0 Å². The number of aliphatic hydroxyl groups excluding tert-OH is 2. The van der Waals surface area contributed by atoms with Gasteiger partial charge in [-0.05, 0) is 32.1 Å². The molecule has 2 aliphatic carbocycles. The van der Waals surface area contributed by atoms with Crippen molar-refractivity contribution in [2.24, 2.45) is 5.41 Å². The number of hydrogen-bond donors (Lipinski definition) is 2. The fraction of sp³-hybridized carbons (Fsp3) is 1.00. The van der Waals surface area contributed by atoms with E-state index < -0.39 is 11.3 Å². The minimum atomic E-state index is -0.542. The zero-order chi connectivity index (χ0) is 10.4. The minimum Gasteiger partial charge on any atom is -0.393 e. The van der Waals surface area contributed by atoms with Gasteiger partial charge in [0.2, 0.25) is 0 Å². The standard InChI is InChI=1S/C10H17O3P/c1-2-9(5-3-7(9)11)10(14-13)6-4-8(10)12/h7-8,11-12H,2-6H2,1H3. The monoisotopic (exact) mass is 216 g/mol. The van der Waals surface area contributed by atoms with Gasteiger partial charge in [-0.1, -0.05) is 6.92 Å². The first-order chi connectivity index (χ1) is 6.63. The van der Waals surface area contributed by atoms with E-state index in [4.69, 9.17) is 0 Å². The molecule has 4 unspecified atom stereocenters. The van der Waals surface area contributed by atoms with Crippen molar-refractivity contribution in [3.8, 4) is 0 Å². The molecular weight excluding hydrogens is 199 g/mol. The maximum absolute atomic E-state index is 11.3. The Hall–Kier alpha value is 0.0200.